The van der Waals surface area contributed by atoms with E-state index in [2.05, 4.69) is 9.97 Å². The fourth-order valence-corrected chi connectivity index (χ4v) is 2.90. The summed E-state index contributed by atoms with van der Waals surface area (Å²) in [6.07, 6.45) is -3.37. The van der Waals surface area contributed by atoms with Gasteiger partial charge in [-0.05, 0) is 31.0 Å². The Hall–Kier alpha value is -2.15. The van der Waals surface area contributed by atoms with Gasteiger partial charge in [0.05, 0.1) is 17.9 Å². The van der Waals surface area contributed by atoms with Crippen molar-refractivity contribution in [1.82, 2.24) is 9.97 Å². The van der Waals surface area contributed by atoms with Gasteiger partial charge in [0.2, 0.25) is 0 Å². The molecule has 0 unspecified atom stereocenters. The van der Waals surface area contributed by atoms with Gasteiger partial charge in [-0.1, -0.05) is 12.1 Å². The fourth-order valence-electron chi connectivity index (χ4n) is 2.90. The van der Waals surface area contributed by atoms with Crippen molar-refractivity contribution >= 4 is 5.82 Å². The first-order chi connectivity index (χ1) is 11.8. The van der Waals surface area contributed by atoms with Crippen LogP contribution in [0, 0.1) is 6.92 Å². The number of alkyl halides is 3. The lowest BCUT2D eigenvalue weighted by Gasteiger charge is -2.20. The lowest BCUT2D eigenvalue weighted by Crippen LogP contribution is -2.19. The summed E-state index contributed by atoms with van der Waals surface area (Å²) >= 11 is 0. The second kappa shape index (κ2) is 7.00. The van der Waals surface area contributed by atoms with E-state index in [0.29, 0.717) is 19.0 Å². The van der Waals surface area contributed by atoms with Crippen LogP contribution in [-0.4, -0.2) is 30.2 Å². The van der Waals surface area contributed by atoms with Crippen LogP contribution in [0.4, 0.5) is 19.0 Å². The van der Waals surface area contributed by atoms with Crippen molar-refractivity contribution in [2.24, 2.45) is 0 Å². The van der Waals surface area contributed by atoms with E-state index in [1.54, 1.807) is 0 Å². The third kappa shape index (κ3) is 4.28. The van der Waals surface area contributed by atoms with Crippen LogP contribution in [0.15, 0.2) is 30.3 Å². The quantitative estimate of drug-likeness (QED) is 0.836. The lowest BCUT2D eigenvalue weighted by atomic mass is 10.0. The van der Waals surface area contributed by atoms with E-state index in [1.807, 2.05) is 24.9 Å². The van der Waals surface area contributed by atoms with E-state index in [0.717, 1.165) is 42.2 Å². The van der Waals surface area contributed by atoms with Crippen molar-refractivity contribution < 1.29 is 17.9 Å². The van der Waals surface area contributed by atoms with Crippen molar-refractivity contribution in [3.05, 3.63) is 53.0 Å². The summed E-state index contributed by atoms with van der Waals surface area (Å²) in [6, 6.07) is 7.15. The molecule has 0 aliphatic carbocycles. The van der Waals surface area contributed by atoms with Crippen LogP contribution in [0.2, 0.25) is 0 Å². The van der Waals surface area contributed by atoms with Crippen molar-refractivity contribution in [2.75, 3.05) is 25.2 Å². The van der Waals surface area contributed by atoms with E-state index in [4.69, 9.17) is 4.74 Å². The second-order valence-electron chi connectivity index (χ2n) is 6.31. The molecule has 1 aromatic carbocycles. The molecule has 1 fully saturated rings. The molecule has 25 heavy (non-hydrogen) atoms. The monoisotopic (exact) mass is 351 g/mol. The Morgan fingerprint density at radius 3 is 2.52 bits per heavy atom. The first-order valence-corrected chi connectivity index (χ1v) is 8.13. The van der Waals surface area contributed by atoms with E-state index < -0.39 is 11.7 Å². The number of ether oxygens (including phenoxy) is 1. The summed E-state index contributed by atoms with van der Waals surface area (Å²) < 4.78 is 43.4. The van der Waals surface area contributed by atoms with Gasteiger partial charge in [0.15, 0.2) is 0 Å². The van der Waals surface area contributed by atoms with Crippen molar-refractivity contribution in [1.29, 1.82) is 0 Å². The highest BCUT2D eigenvalue weighted by molar-refractivity contribution is 5.41. The minimum absolute atomic E-state index is 0.278. The number of aryl methyl sites for hydroxylation is 1. The number of halogens is 3. The summed E-state index contributed by atoms with van der Waals surface area (Å²) in [5, 5.41) is 0. The third-order valence-electron chi connectivity index (χ3n) is 4.28. The maximum atomic E-state index is 12.6. The molecule has 0 bridgehead atoms. The van der Waals surface area contributed by atoms with Gasteiger partial charge in [0.1, 0.15) is 11.6 Å². The normalized spacial score (nSPS) is 17.7. The maximum absolute atomic E-state index is 12.6. The zero-order chi connectivity index (χ0) is 18.0. The Labute approximate surface area is 144 Å². The Bertz CT molecular complexity index is 725. The second-order valence-corrected chi connectivity index (χ2v) is 6.31. The topological polar surface area (TPSA) is 38.2 Å². The molecule has 7 heteroatoms. The molecule has 0 radical (unpaired) electrons. The Morgan fingerprint density at radius 1 is 1.20 bits per heavy atom. The van der Waals surface area contributed by atoms with Crippen LogP contribution in [0.3, 0.4) is 0 Å². The van der Waals surface area contributed by atoms with Crippen molar-refractivity contribution in [3.8, 4) is 0 Å². The number of aromatic nitrogens is 2. The summed E-state index contributed by atoms with van der Waals surface area (Å²) in [6.45, 7) is 3.72. The fraction of sp³-hybridized carbons (Fsp3) is 0.444. The Balaban J connectivity index is 1.75. The van der Waals surface area contributed by atoms with Gasteiger partial charge in [-0.25, -0.2) is 9.97 Å². The molecule has 0 saturated carbocycles. The minimum atomic E-state index is -4.31. The molecule has 0 amide bonds. The molecule has 0 N–H and O–H groups in total. The molecule has 1 aliphatic rings. The number of hydrogen-bond acceptors (Lipinski definition) is 4. The molecule has 2 heterocycles. The smallest absolute Gasteiger partial charge is 0.381 e. The first kappa shape index (κ1) is 17.7. The highest BCUT2D eigenvalue weighted by Gasteiger charge is 2.30. The maximum Gasteiger partial charge on any atom is 0.416 e. The van der Waals surface area contributed by atoms with Crippen LogP contribution in [0.1, 0.15) is 35.0 Å². The van der Waals surface area contributed by atoms with Crippen LogP contribution >= 0.6 is 0 Å². The zero-order valence-electron chi connectivity index (χ0n) is 14.2. The predicted molar refractivity (Wildman–Crippen MR) is 88.5 cm³/mol. The molecule has 2 aromatic rings. The van der Waals surface area contributed by atoms with Crippen molar-refractivity contribution in [2.45, 2.75) is 32.0 Å². The molecule has 3 rings (SSSR count). The molecular weight excluding hydrogens is 331 g/mol. The highest BCUT2D eigenvalue weighted by Crippen LogP contribution is 2.30. The van der Waals surface area contributed by atoms with Gasteiger partial charge in [0.25, 0.3) is 0 Å². The molecule has 1 aliphatic heterocycles. The third-order valence-corrected chi connectivity index (χ3v) is 4.28. The number of nitrogens with zero attached hydrogens (tertiary/aromatic N) is 3. The summed E-state index contributed by atoms with van der Waals surface area (Å²) in [5.41, 5.74) is 1.11. The highest BCUT2D eigenvalue weighted by atomic mass is 19.4. The van der Waals surface area contributed by atoms with Gasteiger partial charge < -0.3 is 9.64 Å². The largest absolute Gasteiger partial charge is 0.416 e. The van der Waals surface area contributed by atoms with Gasteiger partial charge in [0, 0.05) is 32.2 Å². The molecule has 1 aromatic heterocycles. The van der Waals surface area contributed by atoms with Gasteiger partial charge in [-0.3, -0.25) is 0 Å². The Morgan fingerprint density at radius 2 is 1.92 bits per heavy atom. The van der Waals surface area contributed by atoms with Gasteiger partial charge >= 0.3 is 6.18 Å². The van der Waals surface area contributed by atoms with E-state index in [-0.39, 0.29) is 5.92 Å². The van der Waals surface area contributed by atoms with Gasteiger partial charge in [-0.2, -0.15) is 13.2 Å². The first-order valence-electron chi connectivity index (χ1n) is 8.13. The predicted octanol–water partition coefficient (Wildman–Crippen LogP) is 3.94. The average Bonchev–Trinajstić information content (AvgIpc) is 3.08. The van der Waals surface area contributed by atoms with Crippen LogP contribution < -0.4 is 4.90 Å². The van der Waals surface area contributed by atoms with E-state index >= 15 is 0 Å². The van der Waals surface area contributed by atoms with Crippen LogP contribution in [0.25, 0.3) is 0 Å². The summed E-state index contributed by atoms with van der Waals surface area (Å²) in [7, 11) is 1.87. The molecule has 0 spiro atoms. The standard InChI is InChI=1S/C18H20F3N3O/c1-12-22-16(14-7-8-25-11-14)9-17(23-12)24(2)10-13-3-5-15(6-4-13)18(19,20)21/h3-6,9,14H,7-8,10-11H2,1-2H3/t14-/m0/s1. The average molecular weight is 351 g/mol. The number of anilines is 1. The number of rotatable bonds is 4. The molecular formula is C18H20F3N3O. The zero-order valence-corrected chi connectivity index (χ0v) is 14.2. The lowest BCUT2D eigenvalue weighted by molar-refractivity contribution is -0.137. The minimum Gasteiger partial charge on any atom is -0.381 e. The molecule has 1 saturated heterocycles. The summed E-state index contributed by atoms with van der Waals surface area (Å²) in [4.78, 5) is 10.9. The Kier molecular flexibility index (Phi) is 4.94. The van der Waals surface area contributed by atoms with E-state index in [9.17, 15) is 13.2 Å². The number of benzene rings is 1. The van der Waals surface area contributed by atoms with Gasteiger partial charge in [-0.15, -0.1) is 0 Å². The molecule has 1 atom stereocenters. The van der Waals surface area contributed by atoms with Crippen LogP contribution in [0.5, 0.6) is 0 Å². The number of hydrogen-bond donors (Lipinski definition) is 0. The van der Waals surface area contributed by atoms with E-state index in [1.165, 1.54) is 12.1 Å². The summed E-state index contributed by atoms with van der Waals surface area (Å²) in [5.74, 6) is 1.72. The molecule has 4 nitrogen and oxygen atoms in total. The SMILES string of the molecule is Cc1nc([C@H]2CCOC2)cc(N(C)Cc2ccc(C(F)(F)F)cc2)n1. The van der Waals surface area contributed by atoms with Crippen LogP contribution in [-0.2, 0) is 17.5 Å². The molecule has 134 valence electrons. The van der Waals surface area contributed by atoms with Crippen molar-refractivity contribution in [3.63, 3.8) is 0 Å².